The molecule has 3 saturated carbocycles. The fourth-order valence-electron chi connectivity index (χ4n) is 12.5. The van der Waals surface area contributed by atoms with Crippen LogP contribution in [-0.2, 0) is 22.4 Å². The molecule has 1 aliphatic heterocycles. The van der Waals surface area contributed by atoms with Crippen molar-refractivity contribution in [3.8, 4) is 0 Å². The molecule has 6 rings (SSSR count). The molecule has 0 unspecified atom stereocenters. The van der Waals surface area contributed by atoms with Crippen molar-refractivity contribution in [2.75, 3.05) is 40.5 Å². The summed E-state index contributed by atoms with van der Waals surface area (Å²) in [5, 5.41) is 65.2. The van der Waals surface area contributed by atoms with Crippen molar-refractivity contribution in [2.24, 2.45) is 40.9 Å². The highest BCUT2D eigenvalue weighted by Crippen LogP contribution is 2.67. The van der Waals surface area contributed by atoms with Gasteiger partial charge in [-0.1, -0.05) is 91.3 Å². The van der Waals surface area contributed by atoms with Crippen LogP contribution in [0, 0.1) is 40.9 Å². The molecule has 10 atom stereocenters. The van der Waals surface area contributed by atoms with E-state index in [1.54, 1.807) is 7.11 Å². The lowest BCUT2D eigenvalue weighted by molar-refractivity contribution is -0.194. The number of nitrogens with one attached hydrogen (secondary N) is 2. The van der Waals surface area contributed by atoms with Crippen molar-refractivity contribution in [1.29, 1.82) is 0 Å². The highest BCUT2D eigenvalue weighted by Gasteiger charge is 2.68. The Morgan fingerprint density at radius 2 is 1.87 bits per heavy atom. The van der Waals surface area contributed by atoms with E-state index in [0.29, 0.717) is 68.7 Å². The van der Waals surface area contributed by atoms with E-state index in [9.17, 15) is 30.3 Å². The number of aliphatic hydroxyl groups excluding tert-OH is 4. The van der Waals surface area contributed by atoms with Crippen LogP contribution in [0.25, 0.3) is 0 Å². The van der Waals surface area contributed by atoms with Gasteiger partial charge in [-0.05, 0) is 150 Å². The maximum absolute atomic E-state index is 12.8. The largest absolute Gasteiger partial charge is 0.396 e. The topological polar surface area (TPSA) is 152 Å². The number of ether oxygens (including phenoxy) is 1. The molecule has 4 bridgehead atoms. The van der Waals surface area contributed by atoms with Crippen LogP contribution in [0.15, 0.2) is 95.2 Å². The maximum Gasteiger partial charge on any atom is 0.145 e. The molecule has 9 heteroatoms. The highest BCUT2D eigenvalue weighted by molar-refractivity contribution is 5.74. The average Bonchev–Trinajstić information content (AvgIpc) is 3.91. The van der Waals surface area contributed by atoms with Gasteiger partial charge in [0.2, 0.25) is 0 Å². The van der Waals surface area contributed by atoms with Crippen LogP contribution in [0.5, 0.6) is 0 Å². The molecule has 9 nitrogen and oxygen atoms in total. The Bertz CT molecular complexity index is 1810. The van der Waals surface area contributed by atoms with Gasteiger partial charge in [-0.3, -0.25) is 10.1 Å². The highest BCUT2D eigenvalue weighted by atomic mass is 16.5. The first-order valence-electron chi connectivity index (χ1n) is 22.8. The molecule has 1 spiro atoms. The quantitative estimate of drug-likeness (QED) is 0.0458. The summed E-state index contributed by atoms with van der Waals surface area (Å²) in [4.78, 5) is 12.4. The van der Waals surface area contributed by atoms with Crippen LogP contribution in [0.1, 0.15) is 95.6 Å². The monoisotopic (exact) mass is 827 g/mol. The van der Waals surface area contributed by atoms with Crippen LogP contribution < -0.4 is 10.6 Å². The number of allylic oxidation sites excluding steroid dienone is 9. The number of hydrogen-bond donors (Lipinski definition) is 7. The summed E-state index contributed by atoms with van der Waals surface area (Å²) in [7, 11) is 3.61. The number of carbonyl (C=O) groups excluding carboxylic acids is 1. The minimum atomic E-state index is -1.24. The normalized spacial score (nSPS) is 36.0. The summed E-state index contributed by atoms with van der Waals surface area (Å²) in [6.07, 6.45) is 21.6. The Balaban J connectivity index is 1.27. The van der Waals surface area contributed by atoms with Crippen LogP contribution in [-0.4, -0.2) is 95.8 Å². The number of rotatable bonds is 15. The van der Waals surface area contributed by atoms with Crippen molar-refractivity contribution in [3.63, 3.8) is 0 Å². The fourth-order valence-corrected chi connectivity index (χ4v) is 12.5. The van der Waals surface area contributed by atoms with Gasteiger partial charge >= 0.3 is 0 Å². The third-order valence-electron chi connectivity index (χ3n) is 15.7. The van der Waals surface area contributed by atoms with E-state index in [4.69, 9.17) is 4.74 Å². The molecule has 60 heavy (non-hydrogen) atoms. The number of benzene rings is 1. The van der Waals surface area contributed by atoms with E-state index in [-0.39, 0.29) is 42.4 Å². The van der Waals surface area contributed by atoms with Crippen molar-refractivity contribution in [3.05, 3.63) is 106 Å². The molecule has 0 amide bonds. The van der Waals surface area contributed by atoms with Crippen LogP contribution >= 0.6 is 0 Å². The minimum absolute atomic E-state index is 0.0418. The van der Waals surface area contributed by atoms with Crippen molar-refractivity contribution in [2.45, 2.75) is 121 Å². The van der Waals surface area contributed by atoms with Gasteiger partial charge in [-0.2, -0.15) is 0 Å². The standard InChI is InChI=1S/C51H74N2O7/c1-34(40-17-16-35(2)48(58)53-49(24-27-60-5,43-14-6-7-15-43)30-38-12-9-11-37(28-38)29-40)10-8-13-42(33-56)44-20-22-51(47(44)57)46-39(21-26-54)18-19-41(45(46)36(3)32-55)31-50(51,59)23-25-52-4/h8-13,16,18-19,28,32,39-41,43-44,46-48,52-54,56-59H,1,6-7,14-15,17,20-27,29-31,33H2,2-5H3/t39-,40-,41-,44+,46+,47+,48+,49-,50+,51+/m0/s1. The number of methoxy groups -OCH3 is 1. The second-order valence-corrected chi connectivity index (χ2v) is 19.0. The van der Waals surface area contributed by atoms with Gasteiger partial charge < -0.3 is 35.6 Å². The minimum Gasteiger partial charge on any atom is -0.396 e. The van der Waals surface area contributed by atoms with Gasteiger partial charge in [-0.15, -0.1) is 0 Å². The molecular weight excluding hydrogens is 753 g/mol. The Kier molecular flexibility index (Phi) is 15.9. The lowest BCUT2D eigenvalue weighted by atomic mass is 9.45. The van der Waals surface area contributed by atoms with E-state index in [1.807, 2.05) is 39.1 Å². The molecule has 5 aliphatic rings. The van der Waals surface area contributed by atoms with E-state index in [1.165, 1.54) is 24.0 Å². The first-order valence-corrected chi connectivity index (χ1v) is 22.8. The Morgan fingerprint density at radius 1 is 1.10 bits per heavy atom. The molecule has 330 valence electrons. The maximum atomic E-state index is 12.8. The smallest absolute Gasteiger partial charge is 0.145 e. The summed E-state index contributed by atoms with van der Waals surface area (Å²) >= 11 is 0. The SMILES string of the molecule is C=C(C=CC=C(CO)[C@H]1CC[C@]2([C@@H]1O)[C@H]1C(=C(C)C=O)[C@@H](C=C[C@H]1CCO)C[C@]2(O)CCNC)[C@H]1CC=C(C)[C@@H](O)N[C@](CCOC)(C2CCCC2)Cc2cccc(c2)C1. The number of aldehydes is 1. The Morgan fingerprint density at radius 3 is 2.57 bits per heavy atom. The molecule has 4 aliphatic carbocycles. The summed E-state index contributed by atoms with van der Waals surface area (Å²) in [6.45, 7) is 9.27. The molecule has 7 N–H and O–H groups in total. The van der Waals surface area contributed by atoms with Crippen molar-refractivity contribution < 1.29 is 35.1 Å². The zero-order chi connectivity index (χ0) is 43.1. The molecular formula is C51H74N2O7. The molecule has 0 aromatic heterocycles. The summed E-state index contributed by atoms with van der Waals surface area (Å²) in [6, 6.07) is 8.88. The molecule has 1 heterocycles. The predicted molar refractivity (Wildman–Crippen MR) is 239 cm³/mol. The number of aliphatic hydroxyl groups is 5. The Labute approximate surface area is 359 Å². The second kappa shape index (κ2) is 20.5. The third kappa shape index (κ3) is 9.35. The second-order valence-electron chi connectivity index (χ2n) is 19.0. The lowest BCUT2D eigenvalue weighted by Crippen LogP contribution is -2.65. The van der Waals surface area contributed by atoms with E-state index < -0.39 is 29.3 Å². The zero-order valence-corrected chi connectivity index (χ0v) is 36.8. The van der Waals surface area contributed by atoms with Crippen molar-refractivity contribution in [1.82, 2.24) is 10.6 Å². The lowest BCUT2D eigenvalue weighted by Gasteiger charge is -2.61. The van der Waals surface area contributed by atoms with Gasteiger partial charge in [0.05, 0.1) is 18.3 Å². The van der Waals surface area contributed by atoms with Gasteiger partial charge in [0.1, 0.15) is 12.5 Å². The van der Waals surface area contributed by atoms with Gasteiger partial charge in [0.25, 0.3) is 0 Å². The molecule has 3 fully saturated rings. The summed E-state index contributed by atoms with van der Waals surface area (Å²) in [5.41, 5.74) is 4.13. The molecule has 0 saturated heterocycles. The first-order chi connectivity index (χ1) is 28.9. The first kappa shape index (κ1) is 46.5. The fraction of sp³-hybridized carbons (Fsp3) is 0.627. The summed E-state index contributed by atoms with van der Waals surface area (Å²) in [5.74, 6) is -0.497. The van der Waals surface area contributed by atoms with E-state index in [2.05, 4.69) is 59.7 Å². The summed E-state index contributed by atoms with van der Waals surface area (Å²) < 4.78 is 5.62. The molecule has 1 aromatic rings. The van der Waals surface area contributed by atoms with Gasteiger partial charge in [-0.25, -0.2) is 0 Å². The van der Waals surface area contributed by atoms with E-state index in [0.717, 1.165) is 55.1 Å². The molecule has 1 aromatic carbocycles. The predicted octanol–water partition coefficient (Wildman–Crippen LogP) is 6.46. The van der Waals surface area contributed by atoms with Gasteiger partial charge in [0, 0.05) is 43.1 Å². The van der Waals surface area contributed by atoms with Crippen LogP contribution in [0.3, 0.4) is 0 Å². The third-order valence-corrected chi connectivity index (χ3v) is 15.7. The van der Waals surface area contributed by atoms with Crippen molar-refractivity contribution >= 4 is 6.29 Å². The Hall–Kier alpha value is -2.99. The number of fused-ring (bicyclic) bond motifs is 5. The average molecular weight is 827 g/mol. The number of hydrogen-bond acceptors (Lipinski definition) is 9. The van der Waals surface area contributed by atoms with Crippen LogP contribution in [0.2, 0.25) is 0 Å². The van der Waals surface area contributed by atoms with Crippen LogP contribution in [0.4, 0.5) is 0 Å². The zero-order valence-electron chi connectivity index (χ0n) is 36.8. The number of carbonyl (C=O) groups is 1. The van der Waals surface area contributed by atoms with E-state index >= 15 is 0 Å². The molecule has 0 radical (unpaired) electrons. The van der Waals surface area contributed by atoms with Gasteiger partial charge in [0.15, 0.2) is 0 Å².